The van der Waals surface area contributed by atoms with Gasteiger partial charge < -0.3 is 10.6 Å². The quantitative estimate of drug-likeness (QED) is 0.728. The second-order valence-corrected chi connectivity index (χ2v) is 6.13. The van der Waals surface area contributed by atoms with Gasteiger partial charge in [0.1, 0.15) is 0 Å². The van der Waals surface area contributed by atoms with Crippen molar-refractivity contribution >= 4 is 11.8 Å². The van der Waals surface area contributed by atoms with E-state index >= 15 is 0 Å². The van der Waals surface area contributed by atoms with Crippen molar-refractivity contribution in [2.45, 2.75) is 25.3 Å². The lowest BCUT2D eigenvalue weighted by Gasteiger charge is -2.40. The fraction of sp³-hybridized carbons (Fsp3) is 1.00. The zero-order valence-corrected chi connectivity index (χ0v) is 11.9. The maximum Gasteiger partial charge on any atom is 0.0430 e. The molecule has 96 valence electrons. The average Bonchev–Trinajstić information content (AvgIpc) is 2.73. The molecule has 1 aliphatic heterocycles. The molecule has 0 aliphatic carbocycles. The molecule has 0 amide bonds. The van der Waals surface area contributed by atoms with E-state index in [2.05, 4.69) is 42.6 Å². The van der Waals surface area contributed by atoms with Gasteiger partial charge in [0.25, 0.3) is 0 Å². The van der Waals surface area contributed by atoms with Crippen LogP contribution in [0.25, 0.3) is 0 Å². The molecule has 1 aliphatic rings. The first kappa shape index (κ1) is 14.3. The van der Waals surface area contributed by atoms with E-state index < -0.39 is 0 Å². The summed E-state index contributed by atoms with van der Waals surface area (Å²) in [5.41, 5.74) is 6.33. The molecule has 0 spiro atoms. The summed E-state index contributed by atoms with van der Waals surface area (Å²) in [6.45, 7) is 6.54. The molecule has 4 heteroatoms. The Morgan fingerprint density at radius 3 is 2.44 bits per heavy atom. The average molecular weight is 245 g/mol. The number of thioether (sulfide) groups is 1. The summed E-state index contributed by atoms with van der Waals surface area (Å²) in [4.78, 5) is 4.89. The van der Waals surface area contributed by atoms with Crippen LogP contribution < -0.4 is 5.73 Å². The van der Waals surface area contributed by atoms with Gasteiger partial charge in [0.2, 0.25) is 0 Å². The summed E-state index contributed by atoms with van der Waals surface area (Å²) in [5.74, 6) is 2.50. The zero-order valence-electron chi connectivity index (χ0n) is 11.0. The highest BCUT2D eigenvalue weighted by atomic mass is 32.2. The number of rotatable bonds is 7. The van der Waals surface area contributed by atoms with Crippen molar-refractivity contribution in [2.75, 3.05) is 51.8 Å². The monoisotopic (exact) mass is 245 g/mol. The van der Waals surface area contributed by atoms with Crippen molar-refractivity contribution in [3.63, 3.8) is 0 Å². The molecule has 1 atom stereocenters. The van der Waals surface area contributed by atoms with Gasteiger partial charge in [-0.1, -0.05) is 6.92 Å². The SMILES string of the molecule is CCCN(CCN(C)C)C1(CN)CCSC1. The Morgan fingerprint density at radius 1 is 1.25 bits per heavy atom. The predicted octanol–water partition coefficient (Wildman–Crippen LogP) is 1.09. The Morgan fingerprint density at radius 2 is 2.00 bits per heavy atom. The van der Waals surface area contributed by atoms with Crippen molar-refractivity contribution in [2.24, 2.45) is 5.73 Å². The van der Waals surface area contributed by atoms with E-state index in [0.29, 0.717) is 0 Å². The molecule has 0 aromatic heterocycles. The molecular weight excluding hydrogens is 218 g/mol. The maximum atomic E-state index is 6.04. The standard InChI is InChI=1S/C12H27N3S/c1-4-6-15(8-7-14(2)3)12(10-13)5-9-16-11-12/h4-11,13H2,1-3H3. The topological polar surface area (TPSA) is 32.5 Å². The highest BCUT2D eigenvalue weighted by molar-refractivity contribution is 7.99. The summed E-state index contributed by atoms with van der Waals surface area (Å²) in [5, 5.41) is 0. The molecule has 0 radical (unpaired) electrons. The molecule has 1 fully saturated rings. The van der Waals surface area contributed by atoms with Crippen LogP contribution in [0.3, 0.4) is 0 Å². The predicted molar refractivity (Wildman–Crippen MR) is 74.1 cm³/mol. The van der Waals surface area contributed by atoms with E-state index in [1.807, 2.05) is 0 Å². The van der Waals surface area contributed by atoms with Crippen molar-refractivity contribution in [3.05, 3.63) is 0 Å². The summed E-state index contributed by atoms with van der Waals surface area (Å²) >= 11 is 2.06. The lowest BCUT2D eigenvalue weighted by atomic mass is 9.96. The van der Waals surface area contributed by atoms with Crippen LogP contribution in [-0.2, 0) is 0 Å². The molecule has 1 rings (SSSR count). The third-order valence-electron chi connectivity index (χ3n) is 3.44. The lowest BCUT2D eigenvalue weighted by molar-refractivity contribution is 0.106. The fourth-order valence-corrected chi connectivity index (χ4v) is 3.81. The van der Waals surface area contributed by atoms with E-state index in [-0.39, 0.29) is 5.54 Å². The molecule has 1 saturated heterocycles. The normalized spacial score (nSPS) is 25.9. The van der Waals surface area contributed by atoms with Crippen LogP contribution >= 0.6 is 11.8 Å². The van der Waals surface area contributed by atoms with Crippen LogP contribution in [0, 0.1) is 0 Å². The Bertz CT molecular complexity index is 191. The number of likely N-dealkylation sites (N-methyl/N-ethyl adjacent to an activating group) is 1. The molecule has 0 aromatic rings. The number of nitrogens with zero attached hydrogens (tertiary/aromatic N) is 2. The summed E-state index contributed by atoms with van der Waals surface area (Å²) in [7, 11) is 4.28. The molecule has 0 bridgehead atoms. The first-order chi connectivity index (χ1) is 7.64. The smallest absolute Gasteiger partial charge is 0.0430 e. The minimum absolute atomic E-state index is 0.288. The Balaban J connectivity index is 2.58. The largest absolute Gasteiger partial charge is 0.329 e. The maximum absolute atomic E-state index is 6.04. The van der Waals surface area contributed by atoms with Crippen LogP contribution in [-0.4, -0.2) is 67.1 Å². The fourth-order valence-electron chi connectivity index (χ4n) is 2.31. The van der Waals surface area contributed by atoms with Gasteiger partial charge in [0.05, 0.1) is 0 Å². The number of hydrogen-bond donors (Lipinski definition) is 1. The highest BCUT2D eigenvalue weighted by Gasteiger charge is 2.38. The lowest BCUT2D eigenvalue weighted by Crippen LogP contribution is -2.56. The van der Waals surface area contributed by atoms with Crippen LogP contribution in [0.15, 0.2) is 0 Å². The van der Waals surface area contributed by atoms with Crippen molar-refractivity contribution in [1.82, 2.24) is 9.80 Å². The van der Waals surface area contributed by atoms with Gasteiger partial charge in [-0.2, -0.15) is 11.8 Å². The molecule has 0 aromatic carbocycles. The number of nitrogens with two attached hydrogens (primary N) is 1. The molecule has 16 heavy (non-hydrogen) atoms. The van der Waals surface area contributed by atoms with E-state index in [1.54, 1.807) is 0 Å². The first-order valence-corrected chi connectivity index (χ1v) is 7.47. The Hall–Kier alpha value is 0.230. The third kappa shape index (κ3) is 3.62. The van der Waals surface area contributed by atoms with Gasteiger partial charge in [-0.25, -0.2) is 0 Å². The van der Waals surface area contributed by atoms with E-state index in [9.17, 15) is 0 Å². The van der Waals surface area contributed by atoms with Gasteiger partial charge in [0.15, 0.2) is 0 Å². The van der Waals surface area contributed by atoms with Crippen LogP contribution in [0.4, 0.5) is 0 Å². The van der Waals surface area contributed by atoms with Crippen molar-refractivity contribution < 1.29 is 0 Å². The molecule has 3 nitrogen and oxygen atoms in total. The third-order valence-corrected chi connectivity index (χ3v) is 4.68. The summed E-state index contributed by atoms with van der Waals surface area (Å²) in [6, 6.07) is 0. The molecule has 1 unspecified atom stereocenters. The number of hydrogen-bond acceptors (Lipinski definition) is 4. The minimum atomic E-state index is 0.288. The summed E-state index contributed by atoms with van der Waals surface area (Å²) < 4.78 is 0. The summed E-state index contributed by atoms with van der Waals surface area (Å²) in [6.07, 6.45) is 2.49. The minimum Gasteiger partial charge on any atom is -0.329 e. The zero-order chi connectivity index (χ0) is 12.0. The van der Waals surface area contributed by atoms with Gasteiger partial charge in [-0.05, 0) is 39.2 Å². The molecule has 0 saturated carbocycles. The van der Waals surface area contributed by atoms with Gasteiger partial charge in [0, 0.05) is 30.9 Å². The van der Waals surface area contributed by atoms with E-state index in [4.69, 9.17) is 5.73 Å². The molecule has 1 heterocycles. The van der Waals surface area contributed by atoms with Crippen molar-refractivity contribution in [1.29, 1.82) is 0 Å². The van der Waals surface area contributed by atoms with Gasteiger partial charge >= 0.3 is 0 Å². The highest BCUT2D eigenvalue weighted by Crippen LogP contribution is 2.32. The first-order valence-electron chi connectivity index (χ1n) is 6.32. The second kappa shape index (κ2) is 6.84. The molecule has 2 N–H and O–H groups in total. The Kier molecular flexibility index (Phi) is 6.11. The second-order valence-electron chi connectivity index (χ2n) is 5.02. The van der Waals surface area contributed by atoms with E-state index in [1.165, 1.54) is 30.9 Å². The van der Waals surface area contributed by atoms with Crippen LogP contribution in [0.1, 0.15) is 19.8 Å². The van der Waals surface area contributed by atoms with E-state index in [0.717, 1.165) is 19.6 Å². The van der Waals surface area contributed by atoms with Gasteiger partial charge in [-0.15, -0.1) is 0 Å². The van der Waals surface area contributed by atoms with Crippen LogP contribution in [0.2, 0.25) is 0 Å². The molecular formula is C12H27N3S. The van der Waals surface area contributed by atoms with Crippen molar-refractivity contribution in [3.8, 4) is 0 Å². The van der Waals surface area contributed by atoms with Gasteiger partial charge in [-0.3, -0.25) is 4.90 Å². The van der Waals surface area contributed by atoms with Crippen LogP contribution in [0.5, 0.6) is 0 Å². The Labute approximate surface area is 105 Å².